The number of halogens is 3. The summed E-state index contributed by atoms with van der Waals surface area (Å²) in [6.07, 6.45) is 0. The Morgan fingerprint density at radius 3 is 2.33 bits per heavy atom. The van der Waals surface area contributed by atoms with Crippen molar-refractivity contribution in [1.82, 2.24) is 5.16 Å². The molecule has 6 heteroatoms. The SMILES string of the molecule is Nc1onc(-c2ccc(F)cc2Cl)c1-c1ccc(F)cc1. The van der Waals surface area contributed by atoms with Gasteiger partial charge in [-0.05, 0) is 35.9 Å². The lowest BCUT2D eigenvalue weighted by molar-refractivity contribution is 0.439. The van der Waals surface area contributed by atoms with Crippen LogP contribution in [0.25, 0.3) is 22.4 Å². The highest BCUT2D eigenvalue weighted by Crippen LogP contribution is 2.39. The van der Waals surface area contributed by atoms with Gasteiger partial charge < -0.3 is 10.3 Å². The van der Waals surface area contributed by atoms with Gasteiger partial charge in [0.2, 0.25) is 5.88 Å². The summed E-state index contributed by atoms with van der Waals surface area (Å²) in [5, 5.41) is 4.06. The summed E-state index contributed by atoms with van der Waals surface area (Å²) in [5.74, 6) is -0.740. The third-order valence-corrected chi connectivity index (χ3v) is 3.35. The van der Waals surface area contributed by atoms with E-state index in [1.165, 1.54) is 30.3 Å². The number of nitrogen functional groups attached to an aromatic ring is 1. The largest absolute Gasteiger partial charge is 0.367 e. The van der Waals surface area contributed by atoms with Crippen LogP contribution in [0.1, 0.15) is 0 Å². The first kappa shape index (κ1) is 13.6. The summed E-state index contributed by atoms with van der Waals surface area (Å²) in [6.45, 7) is 0. The third-order valence-electron chi connectivity index (χ3n) is 3.04. The number of rotatable bonds is 2. The molecule has 0 saturated carbocycles. The minimum absolute atomic E-state index is 0.0806. The van der Waals surface area contributed by atoms with Crippen molar-refractivity contribution >= 4 is 17.5 Å². The van der Waals surface area contributed by atoms with E-state index in [9.17, 15) is 8.78 Å². The van der Waals surface area contributed by atoms with Gasteiger partial charge in [0.05, 0.1) is 10.6 Å². The van der Waals surface area contributed by atoms with Crippen LogP contribution in [0.4, 0.5) is 14.7 Å². The van der Waals surface area contributed by atoms with Crippen LogP contribution in [0.15, 0.2) is 47.0 Å². The third kappa shape index (κ3) is 2.48. The Bertz CT molecular complexity index is 800. The summed E-state index contributed by atoms with van der Waals surface area (Å²) in [5.41, 5.74) is 7.77. The zero-order valence-electron chi connectivity index (χ0n) is 10.6. The van der Waals surface area contributed by atoms with Crippen LogP contribution >= 0.6 is 11.6 Å². The van der Waals surface area contributed by atoms with Crippen LogP contribution in [0, 0.1) is 11.6 Å². The van der Waals surface area contributed by atoms with E-state index in [4.69, 9.17) is 21.9 Å². The number of hydrogen-bond donors (Lipinski definition) is 1. The summed E-state index contributed by atoms with van der Waals surface area (Å²) in [7, 11) is 0. The molecule has 1 heterocycles. The van der Waals surface area contributed by atoms with Gasteiger partial charge in [-0.1, -0.05) is 28.9 Å². The van der Waals surface area contributed by atoms with Gasteiger partial charge in [-0.25, -0.2) is 8.78 Å². The van der Waals surface area contributed by atoms with Gasteiger partial charge in [-0.3, -0.25) is 0 Å². The van der Waals surface area contributed by atoms with Crippen molar-refractivity contribution in [2.75, 3.05) is 5.73 Å². The highest BCUT2D eigenvalue weighted by atomic mass is 35.5. The molecular formula is C15H9ClF2N2O. The summed E-state index contributed by atoms with van der Waals surface area (Å²) < 4.78 is 31.2. The number of nitrogens with two attached hydrogens (primary N) is 1. The molecule has 0 atom stereocenters. The van der Waals surface area contributed by atoms with Crippen molar-refractivity contribution in [3.63, 3.8) is 0 Å². The maximum atomic E-state index is 13.1. The average Bonchev–Trinajstić information content (AvgIpc) is 2.82. The molecule has 2 aromatic carbocycles. The molecule has 0 bridgehead atoms. The van der Waals surface area contributed by atoms with Gasteiger partial charge in [-0.2, -0.15) is 0 Å². The minimum atomic E-state index is -0.455. The van der Waals surface area contributed by atoms with E-state index in [1.807, 2.05) is 0 Å². The Balaban J connectivity index is 2.19. The Hall–Kier alpha value is -2.40. The number of nitrogens with zero attached hydrogens (tertiary/aromatic N) is 1. The number of hydrogen-bond acceptors (Lipinski definition) is 3. The fourth-order valence-electron chi connectivity index (χ4n) is 2.06. The molecule has 0 saturated heterocycles. The molecule has 3 nitrogen and oxygen atoms in total. The molecule has 0 unspecified atom stereocenters. The van der Waals surface area contributed by atoms with Gasteiger partial charge in [-0.15, -0.1) is 0 Å². The monoisotopic (exact) mass is 306 g/mol. The zero-order chi connectivity index (χ0) is 15.0. The first-order valence-electron chi connectivity index (χ1n) is 6.03. The zero-order valence-corrected chi connectivity index (χ0v) is 11.4. The predicted octanol–water partition coefficient (Wildman–Crippen LogP) is 4.52. The molecule has 3 rings (SSSR count). The van der Waals surface area contributed by atoms with E-state index in [1.54, 1.807) is 12.1 Å². The van der Waals surface area contributed by atoms with Crippen LogP contribution in [-0.2, 0) is 0 Å². The molecule has 1 aromatic heterocycles. The molecule has 0 radical (unpaired) electrons. The maximum absolute atomic E-state index is 13.1. The molecular weight excluding hydrogens is 298 g/mol. The Kier molecular flexibility index (Phi) is 3.35. The molecule has 3 aromatic rings. The molecule has 0 fully saturated rings. The Labute approximate surface area is 123 Å². The van der Waals surface area contributed by atoms with Crippen molar-refractivity contribution in [2.45, 2.75) is 0 Å². The first-order valence-corrected chi connectivity index (χ1v) is 6.40. The van der Waals surface area contributed by atoms with Crippen LogP contribution in [0.5, 0.6) is 0 Å². The molecule has 0 spiro atoms. The topological polar surface area (TPSA) is 52.0 Å². The summed E-state index contributed by atoms with van der Waals surface area (Å²) in [6, 6.07) is 9.65. The van der Waals surface area contributed by atoms with Gasteiger partial charge >= 0.3 is 0 Å². The molecule has 21 heavy (non-hydrogen) atoms. The van der Waals surface area contributed by atoms with Crippen LogP contribution < -0.4 is 5.73 Å². The first-order chi connectivity index (χ1) is 10.1. The molecule has 0 aliphatic heterocycles. The second-order valence-electron chi connectivity index (χ2n) is 4.40. The Morgan fingerprint density at radius 2 is 1.67 bits per heavy atom. The highest BCUT2D eigenvalue weighted by Gasteiger charge is 2.19. The highest BCUT2D eigenvalue weighted by molar-refractivity contribution is 6.33. The number of anilines is 1. The molecule has 106 valence electrons. The molecule has 0 aliphatic rings. The van der Waals surface area contributed by atoms with E-state index in [2.05, 4.69) is 5.16 Å². The van der Waals surface area contributed by atoms with E-state index >= 15 is 0 Å². The van der Waals surface area contributed by atoms with Gasteiger partial charge in [0.15, 0.2) is 0 Å². The van der Waals surface area contributed by atoms with E-state index < -0.39 is 5.82 Å². The fourth-order valence-corrected chi connectivity index (χ4v) is 2.32. The Morgan fingerprint density at radius 1 is 1.00 bits per heavy atom. The van der Waals surface area contributed by atoms with Crippen LogP contribution in [-0.4, -0.2) is 5.16 Å². The smallest absolute Gasteiger partial charge is 0.230 e. The van der Waals surface area contributed by atoms with Crippen LogP contribution in [0.2, 0.25) is 5.02 Å². The maximum Gasteiger partial charge on any atom is 0.230 e. The van der Waals surface area contributed by atoms with Crippen molar-refractivity contribution in [3.8, 4) is 22.4 Å². The lowest BCUT2D eigenvalue weighted by atomic mass is 10.0. The predicted molar refractivity (Wildman–Crippen MR) is 76.7 cm³/mol. The van der Waals surface area contributed by atoms with E-state index in [0.29, 0.717) is 22.4 Å². The second kappa shape index (κ2) is 5.18. The van der Waals surface area contributed by atoms with Crippen LogP contribution in [0.3, 0.4) is 0 Å². The quantitative estimate of drug-likeness (QED) is 0.757. The standard InChI is InChI=1S/C15H9ClF2N2O/c16-12-7-10(18)5-6-11(12)14-13(15(19)21-20-14)8-1-3-9(17)4-2-8/h1-7H,19H2. The average molecular weight is 307 g/mol. The fraction of sp³-hybridized carbons (Fsp3) is 0. The normalized spacial score (nSPS) is 10.8. The van der Waals surface area contributed by atoms with Crippen molar-refractivity contribution < 1.29 is 13.3 Å². The lowest BCUT2D eigenvalue weighted by Crippen LogP contribution is -1.89. The van der Waals surface area contributed by atoms with E-state index in [-0.39, 0.29) is 16.7 Å². The number of benzene rings is 2. The second-order valence-corrected chi connectivity index (χ2v) is 4.81. The van der Waals surface area contributed by atoms with Gasteiger partial charge in [0, 0.05) is 5.56 Å². The molecule has 2 N–H and O–H groups in total. The lowest BCUT2D eigenvalue weighted by Gasteiger charge is -2.05. The van der Waals surface area contributed by atoms with Gasteiger partial charge in [0.25, 0.3) is 0 Å². The van der Waals surface area contributed by atoms with E-state index in [0.717, 1.165) is 0 Å². The molecule has 0 aliphatic carbocycles. The number of aromatic nitrogens is 1. The van der Waals surface area contributed by atoms with Crippen molar-refractivity contribution in [1.29, 1.82) is 0 Å². The minimum Gasteiger partial charge on any atom is -0.367 e. The van der Waals surface area contributed by atoms with Crippen molar-refractivity contribution in [3.05, 3.63) is 59.1 Å². The summed E-state index contributed by atoms with van der Waals surface area (Å²) in [4.78, 5) is 0. The summed E-state index contributed by atoms with van der Waals surface area (Å²) >= 11 is 6.04. The van der Waals surface area contributed by atoms with Gasteiger partial charge in [0.1, 0.15) is 17.3 Å². The molecule has 0 amide bonds. The van der Waals surface area contributed by atoms with Crippen molar-refractivity contribution in [2.24, 2.45) is 0 Å².